The number of nitrogens with two attached hydrogens (primary N) is 1. The molecule has 0 unspecified atom stereocenters. The van der Waals surface area contributed by atoms with Crippen LogP contribution in [0.2, 0.25) is 0 Å². The van der Waals surface area contributed by atoms with Crippen molar-refractivity contribution in [2.45, 2.75) is 82.7 Å². The Hall–Kier alpha value is -3.51. The number of aliphatic carboxylic acids is 3. The molecule has 0 saturated heterocycles. The molecule has 0 fully saturated rings. The fraction of sp³-hybridized carbons (Fsp3) is 0.682. The lowest BCUT2D eigenvalue weighted by Crippen LogP contribution is -2.51. The number of unbranched alkanes of at least 4 members (excludes halogenated alkanes) is 5. The topological polar surface area (TPSA) is 220 Å². The zero-order valence-electron chi connectivity index (χ0n) is 20.0. The van der Waals surface area contributed by atoms with Crippen LogP contribution in [0, 0.1) is 0 Å². The fourth-order valence-corrected chi connectivity index (χ4v) is 3.11. The van der Waals surface area contributed by atoms with Gasteiger partial charge < -0.3 is 42.3 Å². The van der Waals surface area contributed by atoms with Gasteiger partial charge in [-0.15, -0.1) is 0 Å². The molecule has 13 nitrogen and oxygen atoms in total. The number of carboxylic acid groups (broad SMARTS) is 3. The Kier molecular flexibility index (Phi) is 17.0. The second-order valence-electron chi connectivity index (χ2n) is 8.14. The Labute approximate surface area is 204 Å². The van der Waals surface area contributed by atoms with Gasteiger partial charge in [-0.3, -0.25) is 9.59 Å². The SMILES string of the molecule is C=C(NCCCCCCCC(N)=O)NCCCC[C@H](NC(=O)N[C@@H](CCC(=O)O)C(=O)O)C(=O)O. The van der Waals surface area contributed by atoms with Crippen LogP contribution in [-0.2, 0) is 19.2 Å². The first-order chi connectivity index (χ1) is 16.5. The van der Waals surface area contributed by atoms with E-state index in [1.165, 1.54) is 0 Å². The number of nitrogens with one attached hydrogen (secondary N) is 4. The summed E-state index contributed by atoms with van der Waals surface area (Å²) in [5.74, 6) is -3.48. The number of primary amides is 1. The molecular weight excluding hydrogens is 462 g/mol. The van der Waals surface area contributed by atoms with Gasteiger partial charge in [-0.25, -0.2) is 14.4 Å². The van der Waals surface area contributed by atoms with Crippen LogP contribution in [0.15, 0.2) is 12.4 Å². The van der Waals surface area contributed by atoms with E-state index in [2.05, 4.69) is 27.8 Å². The third-order valence-electron chi connectivity index (χ3n) is 5.05. The quantitative estimate of drug-likeness (QED) is 0.0970. The van der Waals surface area contributed by atoms with Crippen molar-refractivity contribution in [2.75, 3.05) is 13.1 Å². The summed E-state index contributed by atoms with van der Waals surface area (Å²) in [4.78, 5) is 55.8. The van der Waals surface area contributed by atoms with Gasteiger partial charge in [-0.1, -0.05) is 25.8 Å². The molecule has 200 valence electrons. The number of hydrogen-bond acceptors (Lipinski definition) is 7. The summed E-state index contributed by atoms with van der Waals surface area (Å²) in [5.41, 5.74) is 5.09. The summed E-state index contributed by atoms with van der Waals surface area (Å²) in [6.07, 6.45) is 5.69. The van der Waals surface area contributed by atoms with E-state index in [1.54, 1.807) is 0 Å². The average Bonchev–Trinajstić information content (AvgIpc) is 2.76. The van der Waals surface area contributed by atoms with Crippen molar-refractivity contribution in [3.05, 3.63) is 12.4 Å². The largest absolute Gasteiger partial charge is 0.481 e. The second kappa shape index (κ2) is 18.9. The number of rotatable bonds is 22. The summed E-state index contributed by atoms with van der Waals surface area (Å²) in [6.45, 7) is 5.18. The third kappa shape index (κ3) is 18.6. The molecule has 2 atom stereocenters. The van der Waals surface area contributed by atoms with E-state index in [4.69, 9.17) is 15.9 Å². The third-order valence-corrected chi connectivity index (χ3v) is 5.05. The maximum absolute atomic E-state index is 12.0. The Morgan fingerprint density at radius 2 is 1.17 bits per heavy atom. The number of carbonyl (C=O) groups is 5. The fourth-order valence-electron chi connectivity index (χ4n) is 3.11. The van der Waals surface area contributed by atoms with Crippen molar-refractivity contribution in [2.24, 2.45) is 5.73 Å². The van der Waals surface area contributed by atoms with E-state index in [0.717, 1.165) is 38.6 Å². The van der Waals surface area contributed by atoms with Crippen LogP contribution in [0.3, 0.4) is 0 Å². The Morgan fingerprint density at radius 1 is 0.686 bits per heavy atom. The standard InChI is InChI=1S/C22H39N5O8/c1-15(24-13-7-4-2-3-5-10-18(23)28)25-14-8-6-9-16(20(31)32)26-22(35)27-17(21(33)34)11-12-19(29)30/h16-17,24-25H,1-14H2,(H2,23,28)(H,29,30)(H,31,32)(H,33,34)(H2,26,27,35)/t16-,17-/m0/s1. The predicted octanol–water partition coefficient (Wildman–Crippen LogP) is 0.703. The molecule has 0 heterocycles. The molecule has 0 aromatic heterocycles. The van der Waals surface area contributed by atoms with Gasteiger partial charge in [0.15, 0.2) is 0 Å². The molecule has 0 aromatic rings. The van der Waals surface area contributed by atoms with Gasteiger partial charge in [-0.05, 0) is 38.5 Å². The molecule has 0 rings (SSSR count). The average molecular weight is 502 g/mol. The van der Waals surface area contributed by atoms with Gasteiger partial charge in [-0.2, -0.15) is 0 Å². The number of hydrogen-bond donors (Lipinski definition) is 8. The Balaban J connectivity index is 4.04. The highest BCUT2D eigenvalue weighted by molar-refractivity contribution is 5.86. The molecule has 0 aliphatic rings. The molecule has 0 saturated carbocycles. The highest BCUT2D eigenvalue weighted by Crippen LogP contribution is 2.05. The molecule has 3 amide bonds. The summed E-state index contributed by atoms with van der Waals surface area (Å²) < 4.78 is 0. The van der Waals surface area contributed by atoms with E-state index in [0.29, 0.717) is 31.6 Å². The lowest BCUT2D eigenvalue weighted by atomic mass is 10.1. The van der Waals surface area contributed by atoms with E-state index < -0.39 is 42.4 Å². The van der Waals surface area contributed by atoms with Crippen molar-refractivity contribution >= 4 is 29.8 Å². The maximum atomic E-state index is 12.0. The first kappa shape index (κ1) is 31.5. The van der Waals surface area contributed by atoms with Gasteiger partial charge in [0.2, 0.25) is 5.91 Å². The molecule has 0 aromatic carbocycles. The molecule has 9 N–H and O–H groups in total. The minimum Gasteiger partial charge on any atom is -0.481 e. The van der Waals surface area contributed by atoms with E-state index in [-0.39, 0.29) is 18.7 Å². The van der Waals surface area contributed by atoms with Gasteiger partial charge >= 0.3 is 23.9 Å². The van der Waals surface area contributed by atoms with Crippen LogP contribution in [-0.4, -0.2) is 70.3 Å². The molecule has 13 heteroatoms. The van der Waals surface area contributed by atoms with Crippen LogP contribution in [0.25, 0.3) is 0 Å². The smallest absolute Gasteiger partial charge is 0.326 e. The monoisotopic (exact) mass is 501 g/mol. The van der Waals surface area contributed by atoms with Gasteiger partial charge in [0.25, 0.3) is 0 Å². The zero-order chi connectivity index (χ0) is 26.6. The van der Waals surface area contributed by atoms with Crippen molar-refractivity contribution < 1.29 is 39.3 Å². The number of carbonyl (C=O) groups excluding carboxylic acids is 2. The Bertz CT molecular complexity index is 716. The van der Waals surface area contributed by atoms with Crippen LogP contribution >= 0.6 is 0 Å². The summed E-state index contributed by atoms with van der Waals surface area (Å²) in [7, 11) is 0. The number of carboxylic acids is 3. The minimum absolute atomic E-state index is 0.132. The second-order valence-corrected chi connectivity index (χ2v) is 8.14. The van der Waals surface area contributed by atoms with Crippen molar-refractivity contribution in [3.8, 4) is 0 Å². The normalized spacial score (nSPS) is 12.1. The van der Waals surface area contributed by atoms with E-state index in [1.807, 2.05) is 0 Å². The molecule has 35 heavy (non-hydrogen) atoms. The van der Waals surface area contributed by atoms with E-state index >= 15 is 0 Å². The molecule has 0 aliphatic carbocycles. The van der Waals surface area contributed by atoms with Crippen molar-refractivity contribution in [1.82, 2.24) is 21.3 Å². The van der Waals surface area contributed by atoms with Crippen LogP contribution < -0.4 is 27.0 Å². The summed E-state index contributed by atoms with van der Waals surface area (Å²) in [5, 5.41) is 37.6. The van der Waals surface area contributed by atoms with Crippen LogP contribution in [0.5, 0.6) is 0 Å². The van der Waals surface area contributed by atoms with Gasteiger partial charge in [0, 0.05) is 25.9 Å². The maximum Gasteiger partial charge on any atom is 0.326 e. The number of urea groups is 1. The van der Waals surface area contributed by atoms with Crippen molar-refractivity contribution in [1.29, 1.82) is 0 Å². The van der Waals surface area contributed by atoms with E-state index in [9.17, 15) is 29.1 Å². The first-order valence-corrected chi connectivity index (χ1v) is 11.7. The lowest BCUT2D eigenvalue weighted by molar-refractivity contribution is -0.140. The van der Waals surface area contributed by atoms with Crippen molar-refractivity contribution in [3.63, 3.8) is 0 Å². The lowest BCUT2D eigenvalue weighted by Gasteiger charge is -2.18. The molecule has 0 spiro atoms. The minimum atomic E-state index is -1.44. The molecular formula is C22H39N5O8. The Morgan fingerprint density at radius 3 is 1.69 bits per heavy atom. The first-order valence-electron chi connectivity index (χ1n) is 11.7. The molecule has 0 bridgehead atoms. The highest BCUT2D eigenvalue weighted by Gasteiger charge is 2.24. The van der Waals surface area contributed by atoms with Crippen LogP contribution in [0.1, 0.15) is 70.6 Å². The van der Waals surface area contributed by atoms with Gasteiger partial charge in [0.05, 0.1) is 5.82 Å². The van der Waals surface area contributed by atoms with Gasteiger partial charge in [0.1, 0.15) is 12.1 Å². The summed E-state index contributed by atoms with van der Waals surface area (Å²) in [6, 6.07) is -3.64. The zero-order valence-corrected chi connectivity index (χ0v) is 20.0. The summed E-state index contributed by atoms with van der Waals surface area (Å²) >= 11 is 0. The molecule has 0 aliphatic heterocycles. The number of amides is 3. The molecule has 0 radical (unpaired) electrons. The predicted molar refractivity (Wildman–Crippen MR) is 127 cm³/mol. The highest BCUT2D eigenvalue weighted by atomic mass is 16.4. The van der Waals surface area contributed by atoms with Crippen LogP contribution in [0.4, 0.5) is 4.79 Å².